The number of hydrogen-bond donors (Lipinski definition) is 5. The molecule has 3 heterocycles. The Bertz CT molecular complexity index is 4500. The first-order valence-corrected chi connectivity index (χ1v) is 35.0. The number of alkyl halides is 8. The van der Waals surface area contributed by atoms with Gasteiger partial charge in [-0.25, -0.2) is 40.1 Å². The molecule has 6 aromatic rings. The van der Waals surface area contributed by atoms with E-state index >= 15 is 30.7 Å². The molecule has 100 heavy (non-hydrogen) atoms. The number of carboxylic acid groups (broad SMARTS) is 2. The number of halogens is 11. The zero-order valence-electron chi connectivity index (χ0n) is 54.7. The summed E-state index contributed by atoms with van der Waals surface area (Å²) in [7, 11) is -8.68. The highest BCUT2D eigenvalue weighted by molar-refractivity contribution is 7.92. The van der Waals surface area contributed by atoms with E-state index in [2.05, 4.69) is 37.7 Å². The zero-order chi connectivity index (χ0) is 74.6. The fraction of sp³-hybridized carbons (Fsp3) is 0.460. The van der Waals surface area contributed by atoms with Crippen molar-refractivity contribution in [3.05, 3.63) is 128 Å². The fourth-order valence-electron chi connectivity index (χ4n) is 11.7. The lowest BCUT2D eigenvalue weighted by Gasteiger charge is -2.32. The minimum absolute atomic E-state index is 0.0729. The van der Waals surface area contributed by atoms with Crippen LogP contribution >= 0.6 is 19.4 Å². The third-order valence-electron chi connectivity index (χ3n) is 16.0. The lowest BCUT2D eigenvalue weighted by Crippen LogP contribution is -2.43. The highest BCUT2D eigenvalue weighted by Crippen LogP contribution is 2.68. The molecule has 5 atom stereocenters. The van der Waals surface area contributed by atoms with E-state index in [0.29, 0.717) is 10.7 Å². The topological polar surface area (TPSA) is 318 Å². The summed E-state index contributed by atoms with van der Waals surface area (Å²) in [5.41, 5.74) is -8.48. The van der Waals surface area contributed by atoms with Gasteiger partial charge in [0.05, 0.1) is 59.6 Å². The van der Waals surface area contributed by atoms with Gasteiger partial charge in [-0.2, -0.15) is 45.3 Å². The van der Waals surface area contributed by atoms with Crippen LogP contribution in [-0.4, -0.2) is 121 Å². The van der Waals surface area contributed by atoms with Crippen molar-refractivity contribution in [3.8, 4) is 28.7 Å². The number of amides is 3. The number of phosphoric acid groups is 1. The van der Waals surface area contributed by atoms with Gasteiger partial charge in [0, 0.05) is 57.7 Å². The number of carbonyl (C=O) groups is 5. The summed E-state index contributed by atoms with van der Waals surface area (Å²) < 4.78 is 231. The van der Waals surface area contributed by atoms with Crippen molar-refractivity contribution in [1.82, 2.24) is 39.5 Å². The van der Waals surface area contributed by atoms with Gasteiger partial charge in [0.25, 0.3) is 17.2 Å². The number of fused-ring (bicyclic) bond motifs is 4. The van der Waals surface area contributed by atoms with Gasteiger partial charge < -0.3 is 25.4 Å². The molecule has 37 heteroatoms. The van der Waals surface area contributed by atoms with Gasteiger partial charge in [0.1, 0.15) is 52.7 Å². The van der Waals surface area contributed by atoms with Crippen molar-refractivity contribution in [2.45, 2.75) is 173 Å². The second-order valence-corrected chi connectivity index (χ2v) is 31.1. The van der Waals surface area contributed by atoms with Crippen molar-refractivity contribution < 1.29 is 113 Å². The largest absolute Gasteiger partial charge is 0.530 e. The minimum Gasteiger partial charge on any atom is -0.481 e. The number of aryl methyl sites for hydroxylation is 1. The first-order chi connectivity index (χ1) is 46.0. The van der Waals surface area contributed by atoms with Gasteiger partial charge in [0.2, 0.25) is 17.7 Å². The lowest BCUT2D eigenvalue weighted by atomic mass is 9.77. The molecule has 3 aromatic carbocycles. The summed E-state index contributed by atoms with van der Waals surface area (Å²) in [6.07, 6.45) is -15.1. The summed E-state index contributed by atoms with van der Waals surface area (Å²) in [6, 6.07) is 5.39. The summed E-state index contributed by atoms with van der Waals surface area (Å²) >= 11 is 3.43. The van der Waals surface area contributed by atoms with Gasteiger partial charge >= 0.3 is 32.1 Å². The van der Waals surface area contributed by atoms with Crippen LogP contribution in [0.25, 0.3) is 22.0 Å². The third kappa shape index (κ3) is 17.8. The van der Waals surface area contributed by atoms with Crippen LogP contribution in [-0.2, 0) is 109 Å². The van der Waals surface area contributed by atoms with Gasteiger partial charge in [0.15, 0.2) is 15.5 Å². The Morgan fingerprint density at radius 3 is 2.07 bits per heavy atom. The zero-order valence-corrected chi connectivity index (χ0v) is 57.9. The number of carboxylic acids is 2. The maximum atomic E-state index is 15.8. The highest BCUT2D eigenvalue weighted by atomic mass is 35.5. The van der Waals surface area contributed by atoms with Crippen molar-refractivity contribution >= 4 is 81.1 Å². The molecule has 5 N–H and O–H groups in total. The molecule has 2 aliphatic carbocycles. The van der Waals surface area contributed by atoms with Crippen LogP contribution in [0.15, 0.2) is 54.6 Å². The standard InChI is InChI=1S/C63H66ClF10N8O15PS2/c1-30(2)95-98(90,96-31(3)4)97-46-18-32(5)17-34(22-47(83)77-44(58(88)89)25-50(86)87)53(46)59(6,7)26-49(85)82(99(91)92)27-45-52-42(64)14-13-39(55(52)81(78-45)29-61(67,68)69)38-12-11-37(15-16-60(8,9)100(10,93)94)75-54(38)43(21-33-19-35(65)23-36(66)20-33)76-48(84)28-80-57-51(56(79-80)63(72,73)74)40-24-41(40)62(57,70)71/h11-14,17-20,23,30-31,40-41,43-44H,21-22,24-29H2,1-10H3,(H,76,84)(H,77,83)(H,86,87)(H,88,89)(H,91,92)/t40-,41+,43-,44+/m0/s1. The van der Waals surface area contributed by atoms with E-state index < -0.39 is 224 Å². The Kier molecular flexibility index (Phi) is 22.4. The Balaban J connectivity index is 1.29. The van der Waals surface area contributed by atoms with Crippen LogP contribution in [0, 0.1) is 36.3 Å². The molecule has 542 valence electrons. The van der Waals surface area contributed by atoms with Gasteiger partial charge in [-0.3, -0.25) is 42.1 Å². The molecule has 3 amide bonds. The van der Waals surface area contributed by atoms with E-state index in [-0.39, 0.29) is 60.2 Å². The third-order valence-corrected chi connectivity index (χ3v) is 20.8. The fourth-order valence-corrected chi connectivity index (χ4v) is 14.2. The van der Waals surface area contributed by atoms with E-state index in [4.69, 9.17) is 25.2 Å². The van der Waals surface area contributed by atoms with E-state index in [1.165, 1.54) is 74.4 Å². The van der Waals surface area contributed by atoms with Crippen molar-refractivity contribution in [2.75, 3.05) is 6.26 Å². The molecule has 1 saturated carbocycles. The maximum absolute atomic E-state index is 15.8. The molecule has 0 radical (unpaired) electrons. The molecular weight excluding hydrogens is 1430 g/mol. The van der Waals surface area contributed by atoms with Crippen LogP contribution in [0.2, 0.25) is 5.02 Å². The molecule has 1 unspecified atom stereocenters. The molecule has 0 aliphatic heterocycles. The normalized spacial score (nSPS) is 16.3. The summed E-state index contributed by atoms with van der Waals surface area (Å²) in [5.74, 6) is -11.4. The van der Waals surface area contributed by atoms with Gasteiger partial charge in [-0.1, -0.05) is 43.5 Å². The number of aliphatic carboxylic acids is 2. The van der Waals surface area contributed by atoms with E-state index in [9.17, 15) is 69.1 Å². The smallest absolute Gasteiger partial charge is 0.481 e. The van der Waals surface area contributed by atoms with Gasteiger partial charge in [-0.05, 0) is 126 Å². The summed E-state index contributed by atoms with van der Waals surface area (Å²) in [4.78, 5) is 71.3. The summed E-state index contributed by atoms with van der Waals surface area (Å²) in [6.45, 7) is 8.06. The van der Waals surface area contributed by atoms with E-state index in [1.807, 2.05) is 0 Å². The molecule has 0 spiro atoms. The number of nitrogens with one attached hydrogen (secondary N) is 2. The number of phosphoric ester groups is 1. The Morgan fingerprint density at radius 2 is 1.51 bits per heavy atom. The number of aromatic nitrogens is 5. The number of pyridine rings is 1. The Hall–Kier alpha value is -8.00. The van der Waals surface area contributed by atoms with E-state index in [1.54, 1.807) is 0 Å². The first-order valence-electron chi connectivity index (χ1n) is 30.2. The van der Waals surface area contributed by atoms with Crippen LogP contribution in [0.3, 0.4) is 0 Å². The average molecular weight is 1500 g/mol. The summed E-state index contributed by atoms with van der Waals surface area (Å²) in [5, 5.41) is 30.4. The van der Waals surface area contributed by atoms with Crippen LogP contribution in [0.1, 0.15) is 143 Å². The molecule has 8 rings (SSSR count). The molecule has 23 nitrogen and oxygen atoms in total. The number of carbonyl (C=O) groups excluding carboxylic acids is 3. The molecule has 0 saturated heterocycles. The highest BCUT2D eigenvalue weighted by Gasteiger charge is 2.68. The molecule has 0 bridgehead atoms. The molecule has 3 aromatic heterocycles. The number of hydrogen-bond acceptors (Lipinski definition) is 15. The molecule has 1 fully saturated rings. The maximum Gasteiger partial charge on any atom is 0.530 e. The van der Waals surface area contributed by atoms with Crippen LogP contribution < -0.4 is 15.2 Å². The monoisotopic (exact) mass is 1490 g/mol. The van der Waals surface area contributed by atoms with E-state index in [0.717, 1.165) is 42.7 Å². The molecule has 2 aliphatic rings. The lowest BCUT2D eigenvalue weighted by molar-refractivity contribution is -0.147. The quantitative estimate of drug-likeness (QED) is 0.0138. The number of sulfone groups is 1. The average Bonchev–Trinajstić information content (AvgIpc) is 1.52. The van der Waals surface area contributed by atoms with Crippen LogP contribution in [0.4, 0.5) is 43.9 Å². The SMILES string of the molecule is Cc1cc(CC(=O)N[C@H](CC(=O)O)C(=O)O)c(C(C)(C)CC(=O)N(Cc2nn(CC(F)(F)F)c3c(-c4ccc(C#CC(C)(C)S(C)(=O)=O)nc4[C@H](Cc4cc(F)cc(F)c4)NC(=O)Cn4nc(C(F)(F)F)c5c4C(F)(F)[C@@H]4C[C@H]54)ccc(Cl)c23)S(=O)O)c(OP(=O)(OC(C)C)OC(C)C)c1. The second-order valence-electron chi connectivity index (χ2n) is 25.7. The number of rotatable bonds is 27. The Morgan fingerprint density at radius 1 is 0.890 bits per heavy atom. The van der Waals surface area contributed by atoms with Crippen molar-refractivity contribution in [1.29, 1.82) is 0 Å². The predicted octanol–water partition coefficient (Wildman–Crippen LogP) is 11.4. The van der Waals surface area contributed by atoms with Crippen molar-refractivity contribution in [2.24, 2.45) is 5.92 Å². The van der Waals surface area contributed by atoms with Crippen LogP contribution in [0.5, 0.6) is 5.75 Å². The van der Waals surface area contributed by atoms with Crippen molar-refractivity contribution in [3.63, 3.8) is 0 Å². The Labute approximate surface area is 572 Å². The number of nitrogens with zero attached hydrogens (tertiary/aromatic N) is 6. The number of benzene rings is 3. The first kappa shape index (κ1) is 77.7. The molecular formula is C63H66ClF10N8O15PS2. The van der Waals surface area contributed by atoms with Gasteiger partial charge in [-0.15, -0.1) is 0 Å². The minimum atomic E-state index is -5.28. The second kappa shape index (κ2) is 28.8. The predicted molar refractivity (Wildman–Crippen MR) is 339 cm³/mol.